The molecule has 0 saturated heterocycles. The predicted molar refractivity (Wildman–Crippen MR) is 98.8 cm³/mol. The van der Waals surface area contributed by atoms with Crippen molar-refractivity contribution in [3.8, 4) is 11.5 Å². The van der Waals surface area contributed by atoms with Gasteiger partial charge in [-0.15, -0.1) is 0 Å². The Morgan fingerprint density at radius 2 is 1.65 bits per heavy atom. The first-order chi connectivity index (χ1) is 12.5. The van der Waals surface area contributed by atoms with Crippen molar-refractivity contribution >= 4 is 11.9 Å². The van der Waals surface area contributed by atoms with E-state index in [1.807, 2.05) is 6.07 Å². The number of carbonyl (C=O) groups excluding carboxylic acids is 2. The van der Waals surface area contributed by atoms with E-state index in [-0.39, 0.29) is 6.10 Å². The van der Waals surface area contributed by atoms with Crippen LogP contribution in [-0.4, -0.2) is 24.6 Å². The Labute approximate surface area is 153 Å². The fraction of sp³-hybridized carbons (Fsp3) is 0.333. The van der Waals surface area contributed by atoms with E-state index in [0.29, 0.717) is 29.2 Å². The summed E-state index contributed by atoms with van der Waals surface area (Å²) >= 11 is 0. The molecule has 0 N–H and O–H groups in total. The van der Waals surface area contributed by atoms with Crippen molar-refractivity contribution in [2.45, 2.75) is 39.7 Å². The average Bonchev–Trinajstić information content (AvgIpc) is 2.62. The Morgan fingerprint density at radius 1 is 0.923 bits per heavy atom. The summed E-state index contributed by atoms with van der Waals surface area (Å²) < 4.78 is 16.1. The molecule has 5 heteroatoms. The van der Waals surface area contributed by atoms with Gasteiger partial charge in [0.15, 0.2) is 0 Å². The summed E-state index contributed by atoms with van der Waals surface area (Å²) in [4.78, 5) is 24.1. The van der Waals surface area contributed by atoms with Gasteiger partial charge >= 0.3 is 11.9 Å². The largest absolute Gasteiger partial charge is 0.494 e. The molecule has 0 aliphatic carbocycles. The van der Waals surface area contributed by atoms with Gasteiger partial charge in [0.2, 0.25) is 0 Å². The van der Waals surface area contributed by atoms with Crippen molar-refractivity contribution in [2.24, 2.45) is 0 Å². The maximum Gasteiger partial charge on any atom is 0.343 e. The molecule has 0 saturated carbocycles. The van der Waals surface area contributed by atoms with Crippen molar-refractivity contribution in [1.29, 1.82) is 0 Å². The normalized spacial score (nSPS) is 10.5. The Kier molecular flexibility index (Phi) is 7.21. The second-order valence-corrected chi connectivity index (χ2v) is 6.10. The second-order valence-electron chi connectivity index (χ2n) is 6.10. The Hall–Kier alpha value is -2.82. The maximum absolute atomic E-state index is 12.3. The van der Waals surface area contributed by atoms with Crippen LogP contribution in [0.25, 0.3) is 0 Å². The number of rotatable bonds is 8. The zero-order chi connectivity index (χ0) is 18.9. The minimum atomic E-state index is -0.483. The van der Waals surface area contributed by atoms with Crippen LogP contribution < -0.4 is 9.47 Å². The molecule has 2 aromatic rings. The van der Waals surface area contributed by atoms with E-state index in [4.69, 9.17) is 14.2 Å². The van der Waals surface area contributed by atoms with Crippen molar-refractivity contribution in [2.75, 3.05) is 6.61 Å². The number of carbonyl (C=O) groups is 2. The van der Waals surface area contributed by atoms with Crippen LogP contribution in [0.5, 0.6) is 11.5 Å². The molecule has 0 aromatic heterocycles. The summed E-state index contributed by atoms with van der Waals surface area (Å²) in [7, 11) is 0. The first-order valence-corrected chi connectivity index (χ1v) is 8.75. The van der Waals surface area contributed by atoms with E-state index in [0.717, 1.165) is 12.8 Å². The Balaban J connectivity index is 1.99. The summed E-state index contributed by atoms with van der Waals surface area (Å²) in [6.45, 7) is 6.27. The molecule has 2 rings (SSSR count). The molecule has 0 fully saturated rings. The number of unbranched alkanes of at least 4 members (excludes halogenated alkanes) is 1. The number of ether oxygens (including phenoxy) is 3. The molecule has 0 unspecified atom stereocenters. The lowest BCUT2D eigenvalue weighted by molar-refractivity contribution is 0.0378. The van der Waals surface area contributed by atoms with Crippen molar-refractivity contribution in [1.82, 2.24) is 0 Å². The molecule has 0 amide bonds. The minimum Gasteiger partial charge on any atom is -0.494 e. The molecule has 0 atom stereocenters. The Morgan fingerprint density at radius 3 is 2.31 bits per heavy atom. The van der Waals surface area contributed by atoms with E-state index >= 15 is 0 Å². The molecule has 5 nitrogen and oxygen atoms in total. The van der Waals surface area contributed by atoms with E-state index in [2.05, 4.69) is 6.92 Å². The molecule has 0 aliphatic rings. The van der Waals surface area contributed by atoms with Crippen LogP contribution >= 0.6 is 0 Å². The predicted octanol–water partition coefficient (Wildman–Crippen LogP) is 4.65. The third-order valence-electron chi connectivity index (χ3n) is 3.48. The first kappa shape index (κ1) is 19.5. The molecule has 0 aliphatic heterocycles. The van der Waals surface area contributed by atoms with Gasteiger partial charge in [-0.25, -0.2) is 9.59 Å². The van der Waals surface area contributed by atoms with E-state index in [9.17, 15) is 9.59 Å². The van der Waals surface area contributed by atoms with Crippen LogP contribution in [0, 0.1) is 0 Å². The van der Waals surface area contributed by atoms with Gasteiger partial charge in [-0.05, 0) is 62.7 Å². The molecule has 26 heavy (non-hydrogen) atoms. The van der Waals surface area contributed by atoms with Crippen LogP contribution in [0.2, 0.25) is 0 Å². The summed E-state index contributed by atoms with van der Waals surface area (Å²) in [5, 5.41) is 0. The van der Waals surface area contributed by atoms with Gasteiger partial charge in [0.1, 0.15) is 11.5 Å². The Bertz CT molecular complexity index is 734. The smallest absolute Gasteiger partial charge is 0.343 e. The van der Waals surface area contributed by atoms with Crippen LogP contribution in [-0.2, 0) is 4.74 Å². The third kappa shape index (κ3) is 5.92. The topological polar surface area (TPSA) is 61.8 Å². The summed E-state index contributed by atoms with van der Waals surface area (Å²) in [6, 6.07) is 13.2. The highest BCUT2D eigenvalue weighted by molar-refractivity contribution is 5.92. The molecular weight excluding hydrogens is 332 g/mol. The van der Waals surface area contributed by atoms with Gasteiger partial charge in [0.05, 0.1) is 23.8 Å². The van der Waals surface area contributed by atoms with Gasteiger partial charge in [0.25, 0.3) is 0 Å². The van der Waals surface area contributed by atoms with Gasteiger partial charge in [0, 0.05) is 0 Å². The summed E-state index contributed by atoms with van der Waals surface area (Å²) in [5.41, 5.74) is 0.812. The fourth-order valence-electron chi connectivity index (χ4n) is 2.15. The highest BCUT2D eigenvalue weighted by Gasteiger charge is 2.12. The monoisotopic (exact) mass is 356 g/mol. The quantitative estimate of drug-likeness (QED) is 0.391. The van der Waals surface area contributed by atoms with Crippen LogP contribution in [0.3, 0.4) is 0 Å². The van der Waals surface area contributed by atoms with Crippen molar-refractivity contribution in [3.05, 3.63) is 59.7 Å². The lowest BCUT2D eigenvalue weighted by Crippen LogP contribution is -2.12. The molecule has 0 radical (unpaired) electrons. The fourth-order valence-corrected chi connectivity index (χ4v) is 2.15. The number of hydrogen-bond acceptors (Lipinski definition) is 5. The number of hydrogen-bond donors (Lipinski definition) is 0. The second kappa shape index (κ2) is 9.61. The molecule has 2 aromatic carbocycles. The van der Waals surface area contributed by atoms with E-state index in [1.165, 1.54) is 0 Å². The van der Waals surface area contributed by atoms with Crippen LogP contribution in [0.4, 0.5) is 0 Å². The van der Waals surface area contributed by atoms with Gasteiger partial charge in [-0.1, -0.05) is 19.4 Å². The molecule has 0 bridgehead atoms. The molecule has 138 valence electrons. The molecule has 0 heterocycles. The van der Waals surface area contributed by atoms with Gasteiger partial charge in [-0.2, -0.15) is 0 Å². The van der Waals surface area contributed by atoms with Crippen LogP contribution in [0.1, 0.15) is 54.3 Å². The lowest BCUT2D eigenvalue weighted by Gasteiger charge is -2.09. The standard InChI is InChI=1S/C21H24O5/c1-4-5-13-24-19-8-6-7-17(14-19)21(23)26-18-11-9-16(10-12-18)20(22)25-15(2)3/h6-12,14-15H,4-5,13H2,1-3H3. The SMILES string of the molecule is CCCCOc1cccc(C(=O)Oc2ccc(C(=O)OC(C)C)cc2)c1. The van der Waals surface area contributed by atoms with Crippen LogP contribution in [0.15, 0.2) is 48.5 Å². The van der Waals surface area contributed by atoms with Gasteiger partial charge < -0.3 is 14.2 Å². The van der Waals surface area contributed by atoms with E-state index in [1.54, 1.807) is 56.3 Å². The number of esters is 2. The summed E-state index contributed by atoms with van der Waals surface area (Å²) in [5.74, 6) is 0.103. The average molecular weight is 356 g/mol. The molecule has 0 spiro atoms. The minimum absolute atomic E-state index is 0.188. The zero-order valence-corrected chi connectivity index (χ0v) is 15.4. The number of benzene rings is 2. The highest BCUT2D eigenvalue weighted by Crippen LogP contribution is 2.18. The third-order valence-corrected chi connectivity index (χ3v) is 3.48. The van der Waals surface area contributed by atoms with Crippen molar-refractivity contribution < 1.29 is 23.8 Å². The summed E-state index contributed by atoms with van der Waals surface area (Å²) in [6.07, 6.45) is 1.81. The van der Waals surface area contributed by atoms with Crippen molar-refractivity contribution in [3.63, 3.8) is 0 Å². The maximum atomic E-state index is 12.3. The first-order valence-electron chi connectivity index (χ1n) is 8.75. The molecular formula is C21H24O5. The zero-order valence-electron chi connectivity index (χ0n) is 15.4. The lowest BCUT2D eigenvalue weighted by atomic mass is 10.2. The highest BCUT2D eigenvalue weighted by atomic mass is 16.5. The van der Waals surface area contributed by atoms with Gasteiger partial charge in [-0.3, -0.25) is 0 Å². The van der Waals surface area contributed by atoms with E-state index < -0.39 is 11.9 Å².